The van der Waals surface area contributed by atoms with Crippen LogP contribution in [0, 0.1) is 5.92 Å². The molecule has 0 bridgehead atoms. The number of ketones is 1. The molecule has 17 heavy (non-hydrogen) atoms. The Balaban J connectivity index is 1.84. The number of Topliss-reactive ketones (excluding diaryl/α,β-unsaturated/α-hetero) is 1. The Morgan fingerprint density at radius 2 is 2.06 bits per heavy atom. The van der Waals surface area contributed by atoms with E-state index in [1.54, 1.807) is 6.92 Å². The highest BCUT2D eigenvalue weighted by Gasteiger charge is 2.34. The third-order valence-corrected chi connectivity index (χ3v) is 3.61. The van der Waals surface area contributed by atoms with Crippen molar-refractivity contribution in [2.45, 2.75) is 45.3 Å². The molecule has 1 aromatic rings. The van der Waals surface area contributed by atoms with Crippen LogP contribution in [0.4, 0.5) is 0 Å². The number of rotatable bonds is 4. The summed E-state index contributed by atoms with van der Waals surface area (Å²) in [5, 5.41) is 0. The minimum absolute atomic E-state index is 0.0910. The lowest BCUT2D eigenvalue weighted by Gasteiger charge is -2.10. The summed E-state index contributed by atoms with van der Waals surface area (Å²) in [4.78, 5) is 11.4. The molecule has 0 amide bonds. The first-order valence-electron chi connectivity index (χ1n) is 6.36. The maximum absolute atomic E-state index is 11.4. The van der Waals surface area contributed by atoms with Gasteiger partial charge in [-0.05, 0) is 38.7 Å². The molecule has 2 nitrogen and oxygen atoms in total. The second-order valence-electron chi connectivity index (χ2n) is 4.94. The molecule has 0 aromatic heterocycles. The van der Waals surface area contributed by atoms with Gasteiger partial charge in [-0.1, -0.05) is 30.3 Å². The van der Waals surface area contributed by atoms with Gasteiger partial charge in [0, 0.05) is 5.92 Å². The Kier molecular flexibility index (Phi) is 3.95. The van der Waals surface area contributed by atoms with Crippen LogP contribution in [0.5, 0.6) is 0 Å². The average molecular weight is 232 g/mol. The number of carbonyl (C=O) groups excluding carboxylic acids is 1. The van der Waals surface area contributed by atoms with E-state index in [4.69, 9.17) is 4.74 Å². The SMILES string of the molecule is CC(=O)C1C[C@H](CCc2ccccc2)O[C@@H]1C. The fourth-order valence-electron chi connectivity index (χ4n) is 2.58. The lowest BCUT2D eigenvalue weighted by molar-refractivity contribution is -0.122. The number of hydrogen-bond donors (Lipinski definition) is 0. The largest absolute Gasteiger partial charge is 0.374 e. The maximum atomic E-state index is 11.4. The Bertz CT molecular complexity index is 372. The molecular formula is C15H20O2. The highest BCUT2D eigenvalue weighted by molar-refractivity contribution is 5.79. The van der Waals surface area contributed by atoms with Crippen molar-refractivity contribution < 1.29 is 9.53 Å². The standard InChI is InChI=1S/C15H20O2/c1-11(16)15-10-14(17-12(15)2)9-8-13-6-4-3-5-7-13/h3-7,12,14-15H,8-10H2,1-2H3/t12-,14+,15?/m1/s1. The van der Waals surface area contributed by atoms with E-state index in [-0.39, 0.29) is 23.9 Å². The number of benzene rings is 1. The topological polar surface area (TPSA) is 26.3 Å². The van der Waals surface area contributed by atoms with Crippen LogP contribution in [0.15, 0.2) is 30.3 Å². The first-order valence-corrected chi connectivity index (χ1v) is 6.36. The molecular weight excluding hydrogens is 212 g/mol. The summed E-state index contributed by atoms with van der Waals surface area (Å²) < 4.78 is 5.84. The molecule has 1 unspecified atom stereocenters. The molecule has 1 aliphatic rings. The molecule has 1 fully saturated rings. The van der Waals surface area contributed by atoms with E-state index in [9.17, 15) is 4.79 Å². The minimum Gasteiger partial charge on any atom is -0.374 e. The van der Waals surface area contributed by atoms with E-state index in [1.807, 2.05) is 13.0 Å². The highest BCUT2D eigenvalue weighted by atomic mass is 16.5. The molecule has 92 valence electrons. The second kappa shape index (κ2) is 5.46. The molecule has 1 aromatic carbocycles. The third-order valence-electron chi connectivity index (χ3n) is 3.61. The summed E-state index contributed by atoms with van der Waals surface area (Å²) in [6.07, 6.45) is 3.28. The van der Waals surface area contributed by atoms with Gasteiger partial charge in [0.2, 0.25) is 0 Å². The number of carbonyl (C=O) groups is 1. The minimum atomic E-state index is 0.0910. The van der Waals surface area contributed by atoms with Crippen LogP contribution < -0.4 is 0 Å². The van der Waals surface area contributed by atoms with E-state index < -0.39 is 0 Å². The molecule has 2 heteroatoms. The van der Waals surface area contributed by atoms with Crippen LogP contribution in [0.25, 0.3) is 0 Å². The molecule has 2 rings (SSSR count). The van der Waals surface area contributed by atoms with Crippen LogP contribution in [-0.4, -0.2) is 18.0 Å². The summed E-state index contributed by atoms with van der Waals surface area (Å²) >= 11 is 0. The first kappa shape index (κ1) is 12.3. The van der Waals surface area contributed by atoms with Gasteiger partial charge in [0.15, 0.2) is 0 Å². The Labute approximate surface area is 103 Å². The molecule has 1 aliphatic heterocycles. The smallest absolute Gasteiger partial charge is 0.135 e. The van der Waals surface area contributed by atoms with Gasteiger partial charge in [0.25, 0.3) is 0 Å². The van der Waals surface area contributed by atoms with Crippen LogP contribution >= 0.6 is 0 Å². The highest BCUT2D eigenvalue weighted by Crippen LogP contribution is 2.29. The molecule has 3 atom stereocenters. The van der Waals surface area contributed by atoms with Crippen molar-refractivity contribution in [1.82, 2.24) is 0 Å². The summed E-state index contributed by atoms with van der Waals surface area (Å²) in [6.45, 7) is 3.68. The van der Waals surface area contributed by atoms with Crippen molar-refractivity contribution >= 4 is 5.78 Å². The van der Waals surface area contributed by atoms with Gasteiger partial charge in [-0.25, -0.2) is 0 Å². The van der Waals surface area contributed by atoms with E-state index in [2.05, 4.69) is 24.3 Å². The zero-order chi connectivity index (χ0) is 12.3. The van der Waals surface area contributed by atoms with E-state index >= 15 is 0 Å². The third kappa shape index (κ3) is 3.16. The Morgan fingerprint density at radius 1 is 1.35 bits per heavy atom. The lowest BCUT2D eigenvalue weighted by Crippen LogP contribution is -2.18. The second-order valence-corrected chi connectivity index (χ2v) is 4.94. The summed E-state index contributed by atoms with van der Waals surface area (Å²) in [7, 11) is 0. The molecule has 0 radical (unpaired) electrons. The fourth-order valence-corrected chi connectivity index (χ4v) is 2.58. The van der Waals surface area contributed by atoms with E-state index in [0.717, 1.165) is 19.3 Å². The summed E-state index contributed by atoms with van der Waals surface area (Å²) in [5.74, 6) is 0.371. The van der Waals surface area contributed by atoms with Gasteiger partial charge >= 0.3 is 0 Å². The zero-order valence-corrected chi connectivity index (χ0v) is 10.6. The zero-order valence-electron chi connectivity index (χ0n) is 10.6. The lowest BCUT2D eigenvalue weighted by atomic mass is 9.94. The molecule has 0 saturated carbocycles. The van der Waals surface area contributed by atoms with E-state index in [0.29, 0.717) is 0 Å². The van der Waals surface area contributed by atoms with E-state index in [1.165, 1.54) is 5.56 Å². The van der Waals surface area contributed by atoms with Crippen LogP contribution in [0.3, 0.4) is 0 Å². The molecule has 1 heterocycles. The van der Waals surface area contributed by atoms with Gasteiger partial charge in [-0.15, -0.1) is 0 Å². The van der Waals surface area contributed by atoms with Crippen molar-refractivity contribution in [2.75, 3.05) is 0 Å². The van der Waals surface area contributed by atoms with Gasteiger partial charge in [-0.2, -0.15) is 0 Å². The molecule has 0 aliphatic carbocycles. The van der Waals surface area contributed by atoms with Crippen molar-refractivity contribution in [2.24, 2.45) is 5.92 Å². The average Bonchev–Trinajstić information content (AvgIpc) is 2.69. The van der Waals surface area contributed by atoms with Crippen molar-refractivity contribution in [1.29, 1.82) is 0 Å². The van der Waals surface area contributed by atoms with Crippen LogP contribution in [0.2, 0.25) is 0 Å². The van der Waals surface area contributed by atoms with Crippen molar-refractivity contribution in [3.63, 3.8) is 0 Å². The molecule has 0 spiro atoms. The van der Waals surface area contributed by atoms with Crippen molar-refractivity contribution in [3.8, 4) is 0 Å². The predicted molar refractivity (Wildman–Crippen MR) is 67.9 cm³/mol. The monoisotopic (exact) mass is 232 g/mol. The van der Waals surface area contributed by atoms with Gasteiger partial charge in [0.05, 0.1) is 12.2 Å². The Hall–Kier alpha value is -1.15. The van der Waals surface area contributed by atoms with Crippen LogP contribution in [0.1, 0.15) is 32.3 Å². The van der Waals surface area contributed by atoms with Gasteiger partial charge in [0.1, 0.15) is 5.78 Å². The van der Waals surface area contributed by atoms with Gasteiger partial charge in [-0.3, -0.25) is 4.79 Å². The predicted octanol–water partition coefficient (Wildman–Crippen LogP) is 3.00. The maximum Gasteiger partial charge on any atom is 0.135 e. The van der Waals surface area contributed by atoms with Crippen LogP contribution in [-0.2, 0) is 16.0 Å². The summed E-state index contributed by atoms with van der Waals surface area (Å²) in [5.41, 5.74) is 1.34. The molecule has 0 N–H and O–H groups in total. The van der Waals surface area contributed by atoms with Gasteiger partial charge < -0.3 is 4.74 Å². The normalized spacial score (nSPS) is 28.2. The fraction of sp³-hybridized carbons (Fsp3) is 0.533. The number of ether oxygens (including phenoxy) is 1. The number of hydrogen-bond acceptors (Lipinski definition) is 2. The van der Waals surface area contributed by atoms with Crippen molar-refractivity contribution in [3.05, 3.63) is 35.9 Å². The Morgan fingerprint density at radius 3 is 2.65 bits per heavy atom. The first-order chi connectivity index (χ1) is 8.16. The number of aryl methyl sites for hydroxylation is 1. The summed E-state index contributed by atoms with van der Waals surface area (Å²) in [6, 6.07) is 10.4. The molecule has 1 saturated heterocycles. The quantitative estimate of drug-likeness (QED) is 0.797.